The standard InChI is InChI=1S/C16H27N3O3/c1-12(2)15-11-14(17-18(15)3)16(21)19-7-5-13(6-8-19)22-10-4-9-20/h11-13,20H,4-10H2,1-3H3. The van der Waals surface area contributed by atoms with E-state index in [-0.39, 0.29) is 18.6 Å². The molecule has 0 atom stereocenters. The third-order valence-electron chi connectivity index (χ3n) is 4.11. The van der Waals surface area contributed by atoms with E-state index < -0.39 is 0 Å². The third kappa shape index (κ3) is 4.08. The number of carbonyl (C=O) groups excluding carboxylic acids is 1. The second-order valence-electron chi connectivity index (χ2n) is 6.17. The van der Waals surface area contributed by atoms with Gasteiger partial charge in [-0.1, -0.05) is 13.8 Å². The first-order valence-electron chi connectivity index (χ1n) is 8.08. The highest BCUT2D eigenvalue weighted by atomic mass is 16.5. The van der Waals surface area contributed by atoms with Crippen molar-refractivity contribution in [1.29, 1.82) is 0 Å². The first-order valence-corrected chi connectivity index (χ1v) is 8.08. The van der Waals surface area contributed by atoms with E-state index in [4.69, 9.17) is 9.84 Å². The van der Waals surface area contributed by atoms with Crippen LogP contribution in [0.4, 0.5) is 0 Å². The van der Waals surface area contributed by atoms with Crippen LogP contribution in [-0.4, -0.2) is 58.1 Å². The zero-order valence-corrected chi connectivity index (χ0v) is 13.8. The van der Waals surface area contributed by atoms with Crippen LogP contribution in [0.2, 0.25) is 0 Å². The molecule has 0 saturated carbocycles. The monoisotopic (exact) mass is 309 g/mol. The van der Waals surface area contributed by atoms with Crippen molar-refractivity contribution in [3.8, 4) is 0 Å². The summed E-state index contributed by atoms with van der Waals surface area (Å²) in [7, 11) is 1.88. The SMILES string of the molecule is CC(C)c1cc(C(=O)N2CCC(OCCCO)CC2)nn1C. The second-order valence-corrected chi connectivity index (χ2v) is 6.17. The first kappa shape index (κ1) is 17.0. The molecule has 1 fully saturated rings. The van der Waals surface area contributed by atoms with Gasteiger partial charge in [0.1, 0.15) is 0 Å². The Morgan fingerprint density at radius 3 is 2.68 bits per heavy atom. The van der Waals surface area contributed by atoms with E-state index >= 15 is 0 Å². The minimum absolute atomic E-state index is 0.0105. The lowest BCUT2D eigenvalue weighted by atomic mass is 10.1. The van der Waals surface area contributed by atoms with Crippen LogP contribution in [0.15, 0.2) is 6.07 Å². The smallest absolute Gasteiger partial charge is 0.274 e. The van der Waals surface area contributed by atoms with E-state index in [1.54, 1.807) is 4.68 Å². The van der Waals surface area contributed by atoms with Gasteiger partial charge in [-0.25, -0.2) is 0 Å². The fourth-order valence-corrected chi connectivity index (χ4v) is 2.83. The summed E-state index contributed by atoms with van der Waals surface area (Å²) in [6.07, 6.45) is 2.57. The minimum Gasteiger partial charge on any atom is -0.396 e. The Kier molecular flexibility index (Phi) is 5.97. The topological polar surface area (TPSA) is 67.6 Å². The number of likely N-dealkylation sites (tertiary alicyclic amines) is 1. The van der Waals surface area contributed by atoms with Crippen LogP contribution in [-0.2, 0) is 11.8 Å². The molecule has 0 bridgehead atoms. The van der Waals surface area contributed by atoms with Crippen LogP contribution in [0.3, 0.4) is 0 Å². The Balaban J connectivity index is 1.88. The third-order valence-corrected chi connectivity index (χ3v) is 4.11. The summed E-state index contributed by atoms with van der Waals surface area (Å²) in [5, 5.41) is 13.1. The number of aromatic nitrogens is 2. The number of nitrogens with zero attached hydrogens (tertiary/aromatic N) is 3. The lowest BCUT2D eigenvalue weighted by molar-refractivity contribution is 0.00382. The summed E-state index contributed by atoms with van der Waals surface area (Å²) in [6.45, 7) is 6.36. The highest BCUT2D eigenvalue weighted by Gasteiger charge is 2.26. The lowest BCUT2D eigenvalue weighted by Gasteiger charge is -2.31. The number of aryl methyl sites for hydroxylation is 1. The van der Waals surface area contributed by atoms with Gasteiger partial charge in [0.15, 0.2) is 5.69 Å². The second kappa shape index (κ2) is 7.74. The molecule has 22 heavy (non-hydrogen) atoms. The molecule has 0 aromatic carbocycles. The molecular weight excluding hydrogens is 282 g/mol. The van der Waals surface area contributed by atoms with E-state index in [9.17, 15) is 4.79 Å². The van der Waals surface area contributed by atoms with Crippen molar-refractivity contribution in [2.45, 2.75) is 45.1 Å². The molecule has 1 aromatic rings. The van der Waals surface area contributed by atoms with Crippen molar-refractivity contribution in [1.82, 2.24) is 14.7 Å². The number of hydrogen-bond donors (Lipinski definition) is 1. The molecule has 1 amide bonds. The van der Waals surface area contributed by atoms with E-state index in [1.807, 2.05) is 18.0 Å². The Morgan fingerprint density at radius 1 is 1.45 bits per heavy atom. The summed E-state index contributed by atoms with van der Waals surface area (Å²) < 4.78 is 7.49. The van der Waals surface area contributed by atoms with Crippen LogP contribution >= 0.6 is 0 Å². The average Bonchev–Trinajstić information content (AvgIpc) is 2.90. The molecule has 1 N–H and O–H groups in total. The van der Waals surface area contributed by atoms with E-state index in [1.165, 1.54) is 0 Å². The van der Waals surface area contributed by atoms with Crippen molar-refractivity contribution in [2.75, 3.05) is 26.3 Å². The molecule has 6 nitrogen and oxygen atoms in total. The van der Waals surface area contributed by atoms with Crippen LogP contribution in [0.1, 0.15) is 55.2 Å². The van der Waals surface area contributed by atoms with Gasteiger partial charge in [0, 0.05) is 39.0 Å². The van der Waals surface area contributed by atoms with Gasteiger partial charge in [-0.3, -0.25) is 9.48 Å². The molecule has 6 heteroatoms. The summed E-state index contributed by atoms with van der Waals surface area (Å²) in [5.74, 6) is 0.362. The van der Waals surface area contributed by atoms with Crippen molar-refractivity contribution in [3.05, 3.63) is 17.5 Å². The zero-order chi connectivity index (χ0) is 16.1. The van der Waals surface area contributed by atoms with Crippen molar-refractivity contribution in [3.63, 3.8) is 0 Å². The Morgan fingerprint density at radius 2 is 2.14 bits per heavy atom. The minimum atomic E-state index is 0.0105. The molecule has 1 saturated heterocycles. The number of aliphatic hydroxyl groups excluding tert-OH is 1. The molecule has 0 spiro atoms. The predicted molar refractivity (Wildman–Crippen MR) is 83.9 cm³/mol. The fourth-order valence-electron chi connectivity index (χ4n) is 2.83. The number of hydrogen-bond acceptors (Lipinski definition) is 4. The molecule has 1 aliphatic heterocycles. The highest BCUT2D eigenvalue weighted by Crippen LogP contribution is 2.19. The van der Waals surface area contributed by atoms with Crippen LogP contribution < -0.4 is 0 Å². The Labute approximate surface area is 132 Å². The van der Waals surface area contributed by atoms with Gasteiger partial charge in [0.05, 0.1) is 6.10 Å². The maximum atomic E-state index is 12.5. The molecule has 2 rings (SSSR count). The number of carbonyl (C=O) groups is 1. The van der Waals surface area contributed by atoms with Gasteiger partial charge < -0.3 is 14.7 Å². The molecule has 0 unspecified atom stereocenters. The summed E-state index contributed by atoms with van der Waals surface area (Å²) in [6, 6.07) is 1.90. The normalized spacial score (nSPS) is 16.5. The van der Waals surface area contributed by atoms with Gasteiger partial charge in [0.25, 0.3) is 5.91 Å². The zero-order valence-electron chi connectivity index (χ0n) is 13.8. The highest BCUT2D eigenvalue weighted by molar-refractivity contribution is 5.92. The summed E-state index contributed by atoms with van der Waals surface area (Å²) in [4.78, 5) is 14.4. The average molecular weight is 309 g/mol. The molecule has 1 aliphatic rings. The molecule has 0 aliphatic carbocycles. The van der Waals surface area contributed by atoms with Crippen molar-refractivity contribution in [2.24, 2.45) is 7.05 Å². The van der Waals surface area contributed by atoms with Crippen LogP contribution in [0.25, 0.3) is 0 Å². The van der Waals surface area contributed by atoms with E-state index in [0.29, 0.717) is 37.7 Å². The van der Waals surface area contributed by atoms with Crippen LogP contribution in [0, 0.1) is 0 Å². The quantitative estimate of drug-likeness (QED) is 0.810. The summed E-state index contributed by atoms with van der Waals surface area (Å²) >= 11 is 0. The Bertz CT molecular complexity index is 491. The number of aliphatic hydroxyl groups is 1. The number of rotatable bonds is 6. The number of piperidine rings is 1. The lowest BCUT2D eigenvalue weighted by Crippen LogP contribution is -2.41. The van der Waals surface area contributed by atoms with Gasteiger partial charge >= 0.3 is 0 Å². The molecule has 1 aromatic heterocycles. The van der Waals surface area contributed by atoms with E-state index in [0.717, 1.165) is 18.5 Å². The van der Waals surface area contributed by atoms with Gasteiger partial charge in [-0.2, -0.15) is 5.10 Å². The van der Waals surface area contributed by atoms with Gasteiger partial charge in [-0.05, 0) is 31.2 Å². The predicted octanol–water partition coefficient (Wildman–Crippen LogP) is 1.55. The fraction of sp³-hybridized carbons (Fsp3) is 0.750. The van der Waals surface area contributed by atoms with Gasteiger partial charge in [0.2, 0.25) is 0 Å². The Hall–Kier alpha value is -1.40. The largest absolute Gasteiger partial charge is 0.396 e. The number of amides is 1. The molecular formula is C16H27N3O3. The van der Waals surface area contributed by atoms with Crippen molar-refractivity contribution >= 4 is 5.91 Å². The van der Waals surface area contributed by atoms with E-state index in [2.05, 4.69) is 18.9 Å². The van der Waals surface area contributed by atoms with Crippen molar-refractivity contribution < 1.29 is 14.6 Å². The first-order chi connectivity index (χ1) is 10.5. The molecule has 2 heterocycles. The number of ether oxygens (including phenoxy) is 1. The molecule has 0 radical (unpaired) electrons. The molecule has 124 valence electrons. The summed E-state index contributed by atoms with van der Waals surface area (Å²) in [5.41, 5.74) is 1.61. The van der Waals surface area contributed by atoms with Crippen LogP contribution in [0.5, 0.6) is 0 Å². The van der Waals surface area contributed by atoms with Gasteiger partial charge in [-0.15, -0.1) is 0 Å². The maximum Gasteiger partial charge on any atom is 0.274 e. The maximum absolute atomic E-state index is 12.5.